The van der Waals surface area contributed by atoms with E-state index in [0.717, 1.165) is 5.39 Å². The highest BCUT2D eigenvalue weighted by Crippen LogP contribution is 2.35. The molecule has 2 heterocycles. The smallest absolute Gasteiger partial charge is 0.360 e. The van der Waals surface area contributed by atoms with Gasteiger partial charge >= 0.3 is 11.6 Å². The normalized spacial score (nSPS) is 10.7. The molecular weight excluding hydrogens is 440 g/mol. The van der Waals surface area contributed by atoms with E-state index in [1.807, 2.05) is 0 Å². The number of amides is 1. The third-order valence-corrected chi connectivity index (χ3v) is 5.10. The third kappa shape index (κ3) is 4.36. The molecule has 9 heteroatoms. The van der Waals surface area contributed by atoms with Crippen molar-refractivity contribution in [3.8, 4) is 23.0 Å². The summed E-state index contributed by atoms with van der Waals surface area (Å²) in [5.41, 5.74) is 0.372. The van der Waals surface area contributed by atoms with Gasteiger partial charge < -0.3 is 28.9 Å². The van der Waals surface area contributed by atoms with Gasteiger partial charge in [0.05, 0.1) is 26.5 Å². The van der Waals surface area contributed by atoms with E-state index >= 15 is 0 Å². The number of esters is 1. The quantitative estimate of drug-likeness (QED) is 0.394. The molecule has 174 valence electrons. The van der Waals surface area contributed by atoms with Gasteiger partial charge in [-0.25, -0.2) is 9.59 Å². The van der Waals surface area contributed by atoms with E-state index in [0.29, 0.717) is 28.3 Å². The summed E-state index contributed by atoms with van der Waals surface area (Å²) in [4.78, 5) is 41.1. The van der Waals surface area contributed by atoms with Gasteiger partial charge in [0.15, 0.2) is 17.3 Å². The number of hydrogen-bond donors (Lipinski definition) is 2. The lowest BCUT2D eigenvalue weighted by Gasteiger charge is -2.09. The van der Waals surface area contributed by atoms with Gasteiger partial charge in [0.25, 0.3) is 5.91 Å². The van der Waals surface area contributed by atoms with Gasteiger partial charge in [-0.3, -0.25) is 4.79 Å². The number of methoxy groups -OCH3 is 2. The van der Waals surface area contributed by atoms with Crippen molar-refractivity contribution in [2.45, 2.75) is 6.92 Å². The van der Waals surface area contributed by atoms with Gasteiger partial charge in [0, 0.05) is 22.5 Å². The van der Waals surface area contributed by atoms with E-state index < -0.39 is 17.5 Å². The van der Waals surface area contributed by atoms with Crippen LogP contribution in [-0.2, 0) is 4.74 Å². The molecule has 0 saturated heterocycles. The van der Waals surface area contributed by atoms with Gasteiger partial charge in [0.1, 0.15) is 11.3 Å². The average molecular weight is 462 g/mol. The first-order valence-corrected chi connectivity index (χ1v) is 10.4. The fraction of sp³-hybridized carbons (Fsp3) is 0.160. The molecule has 2 N–H and O–H groups in total. The Labute approximate surface area is 194 Å². The predicted octanol–water partition coefficient (Wildman–Crippen LogP) is 4.23. The number of rotatable bonds is 7. The molecule has 1 amide bonds. The molecule has 34 heavy (non-hydrogen) atoms. The van der Waals surface area contributed by atoms with Crippen LogP contribution >= 0.6 is 0 Å². The van der Waals surface area contributed by atoms with Crippen molar-refractivity contribution in [3.05, 3.63) is 76.1 Å². The second kappa shape index (κ2) is 9.53. The lowest BCUT2D eigenvalue weighted by molar-refractivity contribution is 0.0524. The molecule has 9 nitrogen and oxygen atoms in total. The molecule has 0 aliphatic rings. The number of nitrogens with one attached hydrogen (secondary N) is 2. The summed E-state index contributed by atoms with van der Waals surface area (Å²) < 4.78 is 21.3. The molecule has 2 aromatic carbocycles. The average Bonchev–Trinajstić information content (AvgIpc) is 3.27. The minimum Gasteiger partial charge on any atom is -0.493 e. The maximum absolute atomic E-state index is 12.7. The molecule has 4 aromatic rings. The lowest BCUT2D eigenvalue weighted by atomic mass is 10.1. The molecule has 0 spiro atoms. The number of benzene rings is 2. The van der Waals surface area contributed by atoms with Crippen LogP contribution in [0, 0.1) is 0 Å². The number of hydrogen-bond acceptors (Lipinski definition) is 7. The van der Waals surface area contributed by atoms with Crippen LogP contribution in [0.1, 0.15) is 27.6 Å². The Balaban J connectivity index is 1.80. The van der Waals surface area contributed by atoms with Crippen LogP contribution < -0.4 is 20.4 Å². The standard InChI is InChI=1S/C25H22N2O7/c1-4-33-24(29)16-12-19(27-23(28)14-8-6-5-7-9-14)25(30)34-22(16)18-10-15-11-20(31-2)21(32-3)13-17(15)26-18/h5-13,26H,4H2,1-3H3,(H,27,28). The minimum atomic E-state index is -0.818. The molecule has 0 bridgehead atoms. The molecule has 0 atom stereocenters. The SMILES string of the molecule is CCOC(=O)c1cc(NC(=O)c2ccccc2)c(=O)oc1-c1cc2cc(OC)c(OC)cc2[nH]1. The van der Waals surface area contributed by atoms with Crippen molar-refractivity contribution >= 4 is 28.5 Å². The second-order valence-electron chi connectivity index (χ2n) is 7.21. The van der Waals surface area contributed by atoms with Crippen LogP contribution in [0.3, 0.4) is 0 Å². The van der Waals surface area contributed by atoms with Gasteiger partial charge in [-0.05, 0) is 37.3 Å². The summed E-state index contributed by atoms with van der Waals surface area (Å²) >= 11 is 0. The monoisotopic (exact) mass is 462 g/mol. The third-order valence-electron chi connectivity index (χ3n) is 5.10. The van der Waals surface area contributed by atoms with Crippen LogP contribution in [0.2, 0.25) is 0 Å². The van der Waals surface area contributed by atoms with Gasteiger partial charge in [-0.15, -0.1) is 0 Å². The van der Waals surface area contributed by atoms with Crippen molar-refractivity contribution in [1.29, 1.82) is 0 Å². The molecule has 0 fully saturated rings. The van der Waals surface area contributed by atoms with Gasteiger partial charge in [-0.2, -0.15) is 0 Å². The zero-order chi connectivity index (χ0) is 24.2. The molecule has 4 rings (SSSR count). The maximum Gasteiger partial charge on any atom is 0.360 e. The first kappa shape index (κ1) is 22.7. The summed E-state index contributed by atoms with van der Waals surface area (Å²) in [5.74, 6) is -0.207. The minimum absolute atomic E-state index is 0.0182. The number of ether oxygens (including phenoxy) is 3. The Morgan fingerprint density at radius 2 is 1.71 bits per heavy atom. The summed E-state index contributed by atoms with van der Waals surface area (Å²) in [6.07, 6.45) is 0. The highest BCUT2D eigenvalue weighted by atomic mass is 16.5. The van der Waals surface area contributed by atoms with Crippen LogP contribution in [-0.4, -0.2) is 37.7 Å². The molecular formula is C25H22N2O7. The van der Waals surface area contributed by atoms with Gasteiger partial charge in [-0.1, -0.05) is 18.2 Å². The number of fused-ring (bicyclic) bond motifs is 1. The molecule has 0 aliphatic heterocycles. The van der Waals surface area contributed by atoms with Crippen LogP contribution in [0.5, 0.6) is 11.5 Å². The molecule has 0 unspecified atom stereocenters. The Morgan fingerprint density at radius 1 is 1.00 bits per heavy atom. The Hall–Kier alpha value is -4.53. The number of carbonyl (C=O) groups is 2. The first-order chi connectivity index (χ1) is 16.4. The van der Waals surface area contributed by atoms with Crippen molar-refractivity contribution in [2.24, 2.45) is 0 Å². The molecule has 0 radical (unpaired) electrons. The van der Waals surface area contributed by atoms with E-state index in [2.05, 4.69) is 10.3 Å². The summed E-state index contributed by atoms with van der Waals surface area (Å²) in [7, 11) is 3.05. The topological polar surface area (TPSA) is 120 Å². The van der Waals surface area contributed by atoms with Crippen molar-refractivity contribution in [2.75, 3.05) is 26.1 Å². The highest BCUT2D eigenvalue weighted by molar-refractivity contribution is 6.05. The van der Waals surface area contributed by atoms with Crippen molar-refractivity contribution in [3.63, 3.8) is 0 Å². The number of anilines is 1. The summed E-state index contributed by atoms with van der Waals surface area (Å²) in [6.45, 7) is 1.78. The van der Waals surface area contributed by atoms with Crippen LogP contribution in [0.15, 0.2) is 63.8 Å². The molecule has 0 aliphatic carbocycles. The van der Waals surface area contributed by atoms with Crippen LogP contribution in [0.4, 0.5) is 5.69 Å². The Bertz CT molecular complexity index is 1380. The van der Waals surface area contributed by atoms with E-state index in [1.165, 1.54) is 20.3 Å². The van der Waals surface area contributed by atoms with Crippen molar-refractivity contribution < 1.29 is 28.2 Å². The number of aromatic amines is 1. The number of H-pyrrole nitrogens is 1. The number of carbonyl (C=O) groups excluding carboxylic acids is 2. The molecule has 2 aromatic heterocycles. The fourth-order valence-corrected chi connectivity index (χ4v) is 3.48. The maximum atomic E-state index is 12.7. The second-order valence-corrected chi connectivity index (χ2v) is 7.21. The highest BCUT2D eigenvalue weighted by Gasteiger charge is 2.23. The number of aromatic nitrogens is 1. The molecule has 0 saturated carbocycles. The summed E-state index contributed by atoms with van der Waals surface area (Å²) in [5, 5.41) is 3.25. The fourth-order valence-electron chi connectivity index (χ4n) is 3.48. The Morgan fingerprint density at radius 3 is 2.38 bits per heavy atom. The Kier molecular flexibility index (Phi) is 6.35. The van der Waals surface area contributed by atoms with E-state index in [1.54, 1.807) is 55.5 Å². The van der Waals surface area contributed by atoms with Crippen molar-refractivity contribution in [1.82, 2.24) is 4.98 Å². The first-order valence-electron chi connectivity index (χ1n) is 10.4. The zero-order valence-electron chi connectivity index (χ0n) is 18.8. The summed E-state index contributed by atoms with van der Waals surface area (Å²) in [6, 6.07) is 14.8. The largest absolute Gasteiger partial charge is 0.493 e. The van der Waals surface area contributed by atoms with Crippen LogP contribution in [0.25, 0.3) is 22.4 Å². The predicted molar refractivity (Wildman–Crippen MR) is 126 cm³/mol. The van der Waals surface area contributed by atoms with E-state index in [4.69, 9.17) is 18.6 Å². The zero-order valence-corrected chi connectivity index (χ0v) is 18.8. The lowest BCUT2D eigenvalue weighted by Crippen LogP contribution is -2.20. The van der Waals surface area contributed by atoms with Gasteiger partial charge in [0.2, 0.25) is 0 Å². The van der Waals surface area contributed by atoms with E-state index in [-0.39, 0.29) is 23.6 Å². The van der Waals surface area contributed by atoms with E-state index in [9.17, 15) is 14.4 Å².